The summed E-state index contributed by atoms with van der Waals surface area (Å²) >= 11 is 0. The molecule has 18 heteroatoms. The fourth-order valence-electron chi connectivity index (χ4n) is 14.1. The van der Waals surface area contributed by atoms with Crippen LogP contribution in [0.15, 0.2) is 108 Å². The van der Waals surface area contributed by atoms with Crippen LogP contribution in [0.3, 0.4) is 0 Å². The van der Waals surface area contributed by atoms with Crippen LogP contribution in [0.4, 0.5) is 28.4 Å². The number of nitro groups is 1. The summed E-state index contributed by atoms with van der Waals surface area (Å²) in [5.74, 6) is 0.984. The Labute approximate surface area is 475 Å². The van der Waals surface area contributed by atoms with E-state index in [2.05, 4.69) is 106 Å². The standard InChI is InChI=1S/C63H76N8O9S/c1-40(2)48-8-6-7-9-49(48)56-37-62(5,80-46-13-10-41(3)11-14-46)24-30-69(56)45-35-63(36-45)25-28-68(29-26-63)44-12-16-50(53(33-44)70-52-21-31-78-39-57(52)79-60-55(70)32-43-20-27-64-58(43)66-60)59(72)67-81(76,77)47-15-17-51(54(34-47)71(74)75)65-38-42-18-22-61(4,73)23-19-42/h6-17,20,27,32-34,40,42,45,52,56-57,65,73H,18-19,21-26,28-31,35-39H2,1-5H3,(H,64,66)(H,67,72)/t42-,52-,56-,57-,61-,62+/m0/s1. The number of fused-ring (bicyclic) bond motifs is 3. The number of benzene rings is 4. The normalized spacial score (nSPS) is 25.9. The summed E-state index contributed by atoms with van der Waals surface area (Å²) in [6.45, 7) is 14.6. The minimum absolute atomic E-state index is 0.111. The van der Waals surface area contributed by atoms with E-state index in [1.165, 1.54) is 28.8 Å². The highest BCUT2D eigenvalue weighted by Crippen LogP contribution is 2.55. The van der Waals surface area contributed by atoms with Crippen LogP contribution in [0.1, 0.15) is 137 Å². The molecular weight excluding hydrogens is 1040 g/mol. The Morgan fingerprint density at radius 1 is 0.914 bits per heavy atom. The Morgan fingerprint density at radius 2 is 1.68 bits per heavy atom. The van der Waals surface area contributed by atoms with Crippen LogP contribution in [0.25, 0.3) is 11.0 Å². The zero-order chi connectivity index (χ0) is 56.4. The number of ether oxygens (including phenoxy) is 3. The van der Waals surface area contributed by atoms with Gasteiger partial charge in [0.1, 0.15) is 34.5 Å². The molecule has 2 saturated carbocycles. The number of hydrogen-bond donors (Lipinski definition) is 4. The zero-order valence-corrected chi connectivity index (χ0v) is 48.0. The van der Waals surface area contributed by atoms with Crippen LogP contribution in [-0.4, -0.2) is 108 Å². The minimum Gasteiger partial charge on any atom is -0.487 e. The Bertz CT molecular complexity index is 3430. The van der Waals surface area contributed by atoms with E-state index in [-0.39, 0.29) is 40.3 Å². The number of amides is 1. The quantitative estimate of drug-likeness (QED) is 0.0592. The van der Waals surface area contributed by atoms with Crippen molar-refractivity contribution in [2.75, 3.05) is 54.5 Å². The number of likely N-dealkylation sites (tertiary alicyclic amines) is 1. The first-order valence-corrected chi connectivity index (χ1v) is 30.6. The number of nitrogens with zero attached hydrogens (tertiary/aromatic N) is 5. The van der Waals surface area contributed by atoms with Gasteiger partial charge in [-0.25, -0.2) is 13.1 Å². The number of piperidine rings is 2. The Morgan fingerprint density at radius 3 is 2.43 bits per heavy atom. The molecule has 6 aliphatic rings. The van der Waals surface area contributed by atoms with Gasteiger partial charge in [-0.15, -0.1) is 0 Å². The minimum atomic E-state index is -4.64. The Kier molecular flexibility index (Phi) is 14.6. The molecule has 0 bridgehead atoms. The number of aliphatic hydroxyl groups is 1. The van der Waals surface area contributed by atoms with Gasteiger partial charge in [0.15, 0.2) is 0 Å². The number of aromatic amines is 1. The van der Waals surface area contributed by atoms with Gasteiger partial charge >= 0.3 is 0 Å². The lowest BCUT2D eigenvalue weighted by Gasteiger charge is -2.59. The van der Waals surface area contributed by atoms with Gasteiger partial charge in [0.05, 0.1) is 39.3 Å². The third kappa shape index (κ3) is 11.1. The van der Waals surface area contributed by atoms with Crippen molar-refractivity contribution in [1.29, 1.82) is 0 Å². The van der Waals surface area contributed by atoms with Crippen molar-refractivity contribution in [1.82, 2.24) is 19.6 Å². The fraction of sp³-hybridized carbons (Fsp3) is 0.492. The molecule has 4 aromatic carbocycles. The molecule has 17 nitrogen and oxygen atoms in total. The molecule has 1 amide bonds. The molecule has 0 radical (unpaired) electrons. The maximum Gasteiger partial charge on any atom is 0.293 e. The van der Waals surface area contributed by atoms with Crippen LogP contribution >= 0.6 is 0 Å². The molecule has 12 rings (SSSR count). The second-order valence-corrected chi connectivity index (χ2v) is 26.7. The van der Waals surface area contributed by atoms with Crippen molar-refractivity contribution in [3.8, 4) is 11.6 Å². The monoisotopic (exact) mass is 1120 g/mol. The highest BCUT2D eigenvalue weighted by atomic mass is 32.2. The lowest BCUT2D eigenvalue weighted by Crippen LogP contribution is -2.59. The third-order valence-corrected chi connectivity index (χ3v) is 20.2. The number of nitrogens with one attached hydrogen (secondary N) is 3. The topological polar surface area (TPSA) is 205 Å². The molecular formula is C63H76N8O9S. The average molecular weight is 1120 g/mol. The summed E-state index contributed by atoms with van der Waals surface area (Å²) in [5, 5.41) is 26.9. The fourth-order valence-corrected chi connectivity index (χ4v) is 15.0. The number of hydrogen-bond acceptors (Lipinski definition) is 14. The van der Waals surface area contributed by atoms with Crippen molar-refractivity contribution in [3.63, 3.8) is 0 Å². The largest absolute Gasteiger partial charge is 0.487 e. The molecule has 6 heterocycles. The molecule has 2 aromatic heterocycles. The van der Waals surface area contributed by atoms with E-state index >= 15 is 0 Å². The molecule has 6 aromatic rings. The summed E-state index contributed by atoms with van der Waals surface area (Å²) in [6, 6.07) is 31.0. The molecule has 3 saturated heterocycles. The van der Waals surface area contributed by atoms with Crippen LogP contribution < -0.4 is 29.3 Å². The summed E-state index contributed by atoms with van der Waals surface area (Å²) in [5.41, 5.74) is 5.74. The van der Waals surface area contributed by atoms with Gasteiger partial charge < -0.3 is 39.4 Å². The number of carbonyl (C=O) groups excluding carboxylic acids is 1. The van der Waals surface area contributed by atoms with E-state index < -0.39 is 43.1 Å². The predicted octanol–water partition coefficient (Wildman–Crippen LogP) is 11.5. The molecule has 2 aliphatic carbocycles. The number of H-pyrrole nitrogens is 1. The van der Waals surface area contributed by atoms with Crippen molar-refractivity contribution >= 4 is 55.4 Å². The zero-order valence-electron chi connectivity index (χ0n) is 47.2. The number of aryl methyl sites for hydroxylation is 1. The van der Waals surface area contributed by atoms with E-state index in [1.54, 1.807) is 6.07 Å². The van der Waals surface area contributed by atoms with Crippen molar-refractivity contribution in [2.24, 2.45) is 11.3 Å². The van der Waals surface area contributed by atoms with E-state index in [4.69, 9.17) is 19.2 Å². The number of rotatable bonds is 14. The first-order valence-electron chi connectivity index (χ1n) is 29.2. The molecule has 81 heavy (non-hydrogen) atoms. The lowest BCUT2D eigenvalue weighted by molar-refractivity contribution is -0.384. The second-order valence-electron chi connectivity index (χ2n) is 25.0. The number of sulfonamides is 1. The van der Waals surface area contributed by atoms with Crippen LogP contribution in [0.5, 0.6) is 11.6 Å². The number of carbonyl (C=O) groups is 1. The van der Waals surface area contributed by atoms with Gasteiger partial charge in [-0.05, 0) is 168 Å². The molecule has 428 valence electrons. The molecule has 4 aliphatic heterocycles. The second kappa shape index (κ2) is 21.5. The lowest BCUT2D eigenvalue weighted by atomic mass is 9.59. The average Bonchev–Trinajstić information content (AvgIpc) is 4.05. The molecule has 0 unspecified atom stereocenters. The van der Waals surface area contributed by atoms with Gasteiger partial charge in [-0.3, -0.25) is 19.8 Å². The van der Waals surface area contributed by atoms with Crippen molar-refractivity contribution < 1.29 is 37.5 Å². The highest BCUT2D eigenvalue weighted by Gasteiger charge is 2.52. The maximum atomic E-state index is 14.8. The first-order chi connectivity index (χ1) is 38.8. The van der Waals surface area contributed by atoms with Crippen LogP contribution in [0.2, 0.25) is 0 Å². The highest BCUT2D eigenvalue weighted by molar-refractivity contribution is 7.90. The van der Waals surface area contributed by atoms with Gasteiger partial charge in [0.25, 0.3) is 21.6 Å². The van der Waals surface area contributed by atoms with Gasteiger partial charge in [-0.1, -0.05) is 55.8 Å². The van der Waals surface area contributed by atoms with E-state index in [1.807, 2.05) is 37.4 Å². The predicted molar refractivity (Wildman–Crippen MR) is 313 cm³/mol. The summed E-state index contributed by atoms with van der Waals surface area (Å²) in [4.78, 5) is 41.6. The van der Waals surface area contributed by atoms with Gasteiger partial charge in [0.2, 0.25) is 5.88 Å². The van der Waals surface area contributed by atoms with Crippen molar-refractivity contribution in [2.45, 2.75) is 151 Å². The van der Waals surface area contributed by atoms with Crippen LogP contribution in [-0.2, 0) is 14.8 Å². The third-order valence-electron chi connectivity index (χ3n) is 18.8. The summed E-state index contributed by atoms with van der Waals surface area (Å²) < 4.78 is 50.2. The maximum absolute atomic E-state index is 14.8. The number of pyridine rings is 1. The molecule has 1 spiro atoms. The van der Waals surface area contributed by atoms with Crippen LogP contribution in [0, 0.1) is 28.4 Å². The number of anilines is 4. The number of aromatic nitrogens is 2. The smallest absolute Gasteiger partial charge is 0.293 e. The van der Waals surface area contributed by atoms with Gasteiger partial charge in [-0.2, -0.15) is 4.98 Å². The summed E-state index contributed by atoms with van der Waals surface area (Å²) in [7, 11) is -4.64. The molecule has 4 N–H and O–H groups in total. The van der Waals surface area contributed by atoms with Gasteiger partial charge in [0, 0.05) is 74.6 Å². The van der Waals surface area contributed by atoms with E-state index in [0.717, 1.165) is 93.9 Å². The molecule has 5 fully saturated rings. The Balaban J connectivity index is 0.805. The van der Waals surface area contributed by atoms with E-state index in [9.17, 15) is 28.4 Å². The Hall–Kier alpha value is -6.73. The first kappa shape index (κ1) is 54.8. The summed E-state index contributed by atoms with van der Waals surface area (Å²) in [6.07, 6.45) is 10.8. The number of nitro benzene ring substituents is 1. The van der Waals surface area contributed by atoms with Crippen molar-refractivity contribution in [3.05, 3.63) is 136 Å². The van der Waals surface area contributed by atoms with E-state index in [0.29, 0.717) is 73.9 Å². The molecule has 4 atom stereocenters. The SMILES string of the molecule is Cc1ccc(O[C@]2(C)CCN(C3CC4(CCN(c5ccc(C(=O)NS(=O)(=O)c6ccc(NC[C@H]7CC[C@](C)(O)CC7)c([N+](=O)[O-])c6)c(N6c7cc8cc[nH]c8nc7O[C@H]7COCC[C@@H]76)c5)CC4)C3)[C@H](c3ccccc3C(C)C)C2)cc1.